The van der Waals surface area contributed by atoms with Crippen LogP contribution in [0.2, 0.25) is 0 Å². The molecule has 0 bridgehead atoms. The summed E-state index contributed by atoms with van der Waals surface area (Å²) >= 11 is 0. The molecule has 0 aromatic heterocycles. The zero-order chi connectivity index (χ0) is 25.4. The Balaban J connectivity index is 2.11. The Hall–Kier alpha value is -4.29. The van der Waals surface area contributed by atoms with Crippen molar-refractivity contribution in [1.82, 2.24) is 0 Å². The molecule has 0 saturated heterocycles. The minimum Gasteiger partial charge on any atom is -0.497 e. The Morgan fingerprint density at radius 3 is 2.23 bits per heavy atom. The summed E-state index contributed by atoms with van der Waals surface area (Å²) in [7, 11) is -1.40. The van der Waals surface area contributed by atoms with Crippen LogP contribution in [0, 0.1) is 11.3 Å². The standard InChI is InChI=1S/C26H24N2O6S/c1-4-34-24-15-10-19(17-25(24)33-3)16-20(18-27)26(29)28(21-11-13-22(32-2)14-12-21)35(30,31)23-8-6-5-7-9-23/h5-17H,4H2,1-3H3/b20-16+. The molecule has 0 aliphatic rings. The Morgan fingerprint density at radius 2 is 1.66 bits per heavy atom. The number of nitrogens with zero attached hydrogens (tertiary/aromatic N) is 2. The van der Waals surface area contributed by atoms with E-state index >= 15 is 0 Å². The smallest absolute Gasteiger partial charge is 0.282 e. The van der Waals surface area contributed by atoms with Gasteiger partial charge >= 0.3 is 0 Å². The second kappa shape index (κ2) is 11.2. The highest BCUT2D eigenvalue weighted by atomic mass is 32.2. The van der Waals surface area contributed by atoms with Gasteiger partial charge in [-0.15, -0.1) is 0 Å². The maximum atomic E-state index is 13.5. The van der Waals surface area contributed by atoms with E-state index in [4.69, 9.17) is 14.2 Å². The van der Waals surface area contributed by atoms with Gasteiger partial charge in [-0.1, -0.05) is 24.3 Å². The Morgan fingerprint density at radius 1 is 0.971 bits per heavy atom. The topological polar surface area (TPSA) is 106 Å². The minimum atomic E-state index is -4.34. The van der Waals surface area contributed by atoms with Crippen molar-refractivity contribution in [2.45, 2.75) is 11.8 Å². The Labute approximate surface area is 204 Å². The summed E-state index contributed by atoms with van der Waals surface area (Å²) in [5.74, 6) is 0.392. The van der Waals surface area contributed by atoms with Crippen molar-refractivity contribution in [2.24, 2.45) is 0 Å². The molecule has 0 aliphatic carbocycles. The molecule has 0 aliphatic heterocycles. The van der Waals surface area contributed by atoms with Crippen LogP contribution >= 0.6 is 0 Å². The van der Waals surface area contributed by atoms with Gasteiger partial charge in [0.15, 0.2) is 11.5 Å². The molecule has 3 aromatic rings. The summed E-state index contributed by atoms with van der Waals surface area (Å²) in [6, 6.07) is 20.2. The van der Waals surface area contributed by atoms with Crippen molar-refractivity contribution in [3.05, 3.63) is 83.9 Å². The van der Waals surface area contributed by atoms with Crippen LogP contribution in [0.3, 0.4) is 0 Å². The molecular formula is C26H24N2O6S. The van der Waals surface area contributed by atoms with Crippen LogP contribution in [0.4, 0.5) is 5.69 Å². The van der Waals surface area contributed by atoms with Crippen molar-refractivity contribution in [2.75, 3.05) is 25.1 Å². The van der Waals surface area contributed by atoms with E-state index < -0.39 is 15.9 Å². The average molecular weight is 493 g/mol. The fourth-order valence-corrected chi connectivity index (χ4v) is 4.68. The molecule has 0 atom stereocenters. The first-order valence-corrected chi connectivity index (χ1v) is 12.0. The van der Waals surface area contributed by atoms with E-state index in [1.165, 1.54) is 56.7 Å². The lowest BCUT2D eigenvalue weighted by molar-refractivity contribution is -0.113. The number of amides is 1. The zero-order valence-corrected chi connectivity index (χ0v) is 20.3. The lowest BCUT2D eigenvalue weighted by Crippen LogP contribution is -2.37. The first-order valence-electron chi connectivity index (χ1n) is 10.6. The van der Waals surface area contributed by atoms with E-state index in [0.717, 1.165) is 0 Å². The minimum absolute atomic E-state index is 0.0603. The summed E-state index contributed by atoms with van der Waals surface area (Å²) in [5.41, 5.74) is 0.138. The van der Waals surface area contributed by atoms with E-state index in [9.17, 15) is 18.5 Å². The normalized spacial score (nSPS) is 11.3. The summed E-state index contributed by atoms with van der Waals surface area (Å²) in [5, 5.41) is 9.80. The fourth-order valence-electron chi connectivity index (χ4n) is 3.25. The quantitative estimate of drug-likeness (QED) is 0.321. The first kappa shape index (κ1) is 25.3. The van der Waals surface area contributed by atoms with Gasteiger partial charge in [0.05, 0.1) is 31.4 Å². The number of rotatable bonds is 9. The third-order valence-electron chi connectivity index (χ3n) is 4.92. The van der Waals surface area contributed by atoms with E-state index in [1.54, 1.807) is 36.4 Å². The van der Waals surface area contributed by atoms with Gasteiger partial charge in [0.2, 0.25) is 0 Å². The molecule has 3 rings (SSSR count). The van der Waals surface area contributed by atoms with Gasteiger partial charge in [-0.25, -0.2) is 8.42 Å². The number of hydrogen-bond acceptors (Lipinski definition) is 7. The number of carbonyl (C=O) groups excluding carboxylic acids is 1. The van der Waals surface area contributed by atoms with Crippen LogP contribution < -0.4 is 18.5 Å². The molecule has 0 unspecified atom stereocenters. The van der Waals surface area contributed by atoms with Crippen molar-refractivity contribution in [1.29, 1.82) is 5.26 Å². The lowest BCUT2D eigenvalue weighted by Gasteiger charge is -2.22. The van der Waals surface area contributed by atoms with Crippen molar-refractivity contribution in [3.63, 3.8) is 0 Å². The molecule has 35 heavy (non-hydrogen) atoms. The van der Waals surface area contributed by atoms with Gasteiger partial charge in [0.1, 0.15) is 17.4 Å². The van der Waals surface area contributed by atoms with E-state index in [1.807, 2.05) is 13.0 Å². The molecule has 0 radical (unpaired) electrons. The van der Waals surface area contributed by atoms with Crippen LogP contribution in [-0.2, 0) is 14.8 Å². The SMILES string of the molecule is CCOc1ccc(/C=C(\C#N)C(=O)N(c2ccc(OC)cc2)S(=O)(=O)c2ccccc2)cc1OC. The third-order valence-corrected chi connectivity index (χ3v) is 6.65. The zero-order valence-electron chi connectivity index (χ0n) is 19.5. The van der Waals surface area contributed by atoms with Gasteiger partial charge in [0, 0.05) is 0 Å². The van der Waals surface area contributed by atoms with E-state index in [2.05, 4.69) is 0 Å². The van der Waals surface area contributed by atoms with E-state index in [0.29, 0.717) is 33.7 Å². The van der Waals surface area contributed by atoms with Crippen LogP contribution in [0.25, 0.3) is 6.08 Å². The molecular weight excluding hydrogens is 468 g/mol. The monoisotopic (exact) mass is 492 g/mol. The number of hydrogen-bond donors (Lipinski definition) is 0. The Bertz CT molecular complexity index is 1360. The number of ether oxygens (including phenoxy) is 3. The number of anilines is 1. The van der Waals surface area contributed by atoms with E-state index in [-0.39, 0.29) is 16.2 Å². The van der Waals surface area contributed by atoms with Gasteiger partial charge in [-0.05, 0) is 67.1 Å². The number of nitriles is 1. The van der Waals surface area contributed by atoms with Gasteiger partial charge in [-0.2, -0.15) is 9.57 Å². The molecule has 0 saturated carbocycles. The number of sulfonamides is 1. The summed E-state index contributed by atoms with van der Waals surface area (Å²) in [6.45, 7) is 2.27. The second-order valence-electron chi connectivity index (χ2n) is 7.10. The Kier molecular flexibility index (Phi) is 8.12. The van der Waals surface area contributed by atoms with Crippen molar-refractivity contribution >= 4 is 27.7 Å². The molecule has 0 heterocycles. The van der Waals surface area contributed by atoms with Crippen LogP contribution in [0.15, 0.2) is 83.3 Å². The summed E-state index contributed by atoms with van der Waals surface area (Å²) < 4.78 is 43.6. The molecule has 0 fully saturated rings. The molecule has 1 amide bonds. The van der Waals surface area contributed by atoms with Crippen LogP contribution in [0.1, 0.15) is 12.5 Å². The predicted octanol–water partition coefficient (Wildman–Crippen LogP) is 4.43. The van der Waals surface area contributed by atoms with Gasteiger partial charge in [0.25, 0.3) is 15.9 Å². The van der Waals surface area contributed by atoms with Crippen molar-refractivity contribution in [3.8, 4) is 23.3 Å². The maximum absolute atomic E-state index is 13.5. The predicted molar refractivity (Wildman–Crippen MR) is 132 cm³/mol. The van der Waals surface area contributed by atoms with Crippen LogP contribution in [-0.4, -0.2) is 35.2 Å². The van der Waals surface area contributed by atoms with Gasteiger partial charge < -0.3 is 14.2 Å². The number of methoxy groups -OCH3 is 2. The molecule has 3 aromatic carbocycles. The average Bonchev–Trinajstić information content (AvgIpc) is 2.89. The largest absolute Gasteiger partial charge is 0.497 e. The summed E-state index contributed by atoms with van der Waals surface area (Å²) in [4.78, 5) is 13.5. The fraction of sp³-hybridized carbons (Fsp3) is 0.154. The van der Waals surface area contributed by atoms with Crippen LogP contribution in [0.5, 0.6) is 17.2 Å². The molecule has 0 N–H and O–H groups in total. The lowest BCUT2D eigenvalue weighted by atomic mass is 10.1. The maximum Gasteiger partial charge on any atom is 0.282 e. The number of carbonyl (C=O) groups is 1. The third kappa shape index (κ3) is 5.62. The highest BCUT2D eigenvalue weighted by molar-refractivity contribution is 7.93. The van der Waals surface area contributed by atoms with Gasteiger partial charge in [-0.3, -0.25) is 4.79 Å². The highest BCUT2D eigenvalue weighted by Gasteiger charge is 2.33. The first-order chi connectivity index (χ1) is 16.8. The molecule has 9 heteroatoms. The summed E-state index contributed by atoms with van der Waals surface area (Å²) in [6.07, 6.45) is 1.30. The molecule has 0 spiro atoms. The highest BCUT2D eigenvalue weighted by Crippen LogP contribution is 2.31. The second-order valence-corrected chi connectivity index (χ2v) is 8.89. The van der Waals surface area contributed by atoms with Crippen molar-refractivity contribution < 1.29 is 27.4 Å². The molecule has 180 valence electrons. The number of benzene rings is 3. The molecule has 8 nitrogen and oxygen atoms in total.